The van der Waals surface area contributed by atoms with Gasteiger partial charge in [-0.3, -0.25) is 9.59 Å². The van der Waals surface area contributed by atoms with Gasteiger partial charge < -0.3 is 9.47 Å². The van der Waals surface area contributed by atoms with Gasteiger partial charge in [-0.05, 0) is 74.5 Å². The molecule has 0 spiro atoms. The van der Waals surface area contributed by atoms with Crippen molar-refractivity contribution in [2.24, 2.45) is 29.6 Å². The Kier molecular flexibility index (Phi) is 7.67. The molecule has 3 saturated carbocycles. The van der Waals surface area contributed by atoms with Gasteiger partial charge in [-0.25, -0.2) is 4.79 Å². The first-order chi connectivity index (χ1) is 15.9. The van der Waals surface area contributed by atoms with E-state index in [9.17, 15) is 14.4 Å². The van der Waals surface area contributed by atoms with Crippen molar-refractivity contribution in [1.29, 1.82) is 0 Å². The minimum absolute atomic E-state index is 0.0278. The van der Waals surface area contributed by atoms with Crippen molar-refractivity contribution in [3.8, 4) is 0 Å². The van der Waals surface area contributed by atoms with Crippen LogP contribution >= 0.6 is 0 Å². The first-order valence-corrected chi connectivity index (χ1v) is 12.6. The average Bonchev–Trinajstić information content (AvgIpc) is 3.48. The summed E-state index contributed by atoms with van der Waals surface area (Å²) in [5.41, 5.74) is 0.541. The fraction of sp³-hybridized carbons (Fsp3) is 0.607. The highest BCUT2D eigenvalue weighted by Crippen LogP contribution is 2.50. The topological polar surface area (TPSA) is 69.7 Å². The van der Waals surface area contributed by atoms with E-state index in [-0.39, 0.29) is 47.7 Å². The zero-order valence-electron chi connectivity index (χ0n) is 19.8. The van der Waals surface area contributed by atoms with Crippen LogP contribution in [-0.4, -0.2) is 29.9 Å². The third-order valence-corrected chi connectivity index (χ3v) is 7.89. The Labute approximate surface area is 196 Å². The van der Waals surface area contributed by atoms with Crippen LogP contribution in [-0.2, 0) is 19.1 Å². The lowest BCUT2D eigenvalue weighted by Gasteiger charge is -2.22. The number of esters is 2. The number of ether oxygens (including phenoxy) is 2. The van der Waals surface area contributed by atoms with Crippen LogP contribution in [0.25, 0.3) is 0 Å². The van der Waals surface area contributed by atoms with Gasteiger partial charge in [0.15, 0.2) is 5.78 Å². The molecule has 5 unspecified atom stereocenters. The van der Waals surface area contributed by atoms with Crippen LogP contribution in [0.5, 0.6) is 0 Å². The highest BCUT2D eigenvalue weighted by Gasteiger charge is 2.50. The van der Waals surface area contributed by atoms with E-state index >= 15 is 0 Å². The van der Waals surface area contributed by atoms with Crippen LogP contribution in [0.3, 0.4) is 0 Å². The molecule has 0 aromatic heterocycles. The van der Waals surface area contributed by atoms with E-state index in [2.05, 4.69) is 6.92 Å². The van der Waals surface area contributed by atoms with Crippen molar-refractivity contribution in [1.82, 2.24) is 0 Å². The number of fused-ring (bicyclic) bond motifs is 1. The number of carbonyl (C=O) groups is 3. The van der Waals surface area contributed by atoms with Gasteiger partial charge in [0.25, 0.3) is 0 Å². The molecule has 0 saturated heterocycles. The summed E-state index contributed by atoms with van der Waals surface area (Å²) in [6.07, 6.45) is 11.2. The van der Waals surface area contributed by atoms with Crippen LogP contribution < -0.4 is 0 Å². The van der Waals surface area contributed by atoms with E-state index < -0.39 is 0 Å². The molecule has 5 nitrogen and oxygen atoms in total. The summed E-state index contributed by atoms with van der Waals surface area (Å²) in [4.78, 5) is 37.1. The molecule has 33 heavy (non-hydrogen) atoms. The van der Waals surface area contributed by atoms with Crippen molar-refractivity contribution in [2.45, 2.75) is 77.4 Å². The fourth-order valence-corrected chi connectivity index (χ4v) is 6.43. The van der Waals surface area contributed by atoms with Crippen LogP contribution in [0.15, 0.2) is 42.5 Å². The molecule has 178 valence electrons. The second-order valence-corrected chi connectivity index (χ2v) is 10.2. The predicted octanol–water partition coefficient (Wildman–Crippen LogP) is 5.53. The first kappa shape index (κ1) is 23.7. The molecule has 0 N–H and O–H groups in total. The molecule has 0 bridgehead atoms. The van der Waals surface area contributed by atoms with Gasteiger partial charge in [-0.15, -0.1) is 0 Å². The van der Waals surface area contributed by atoms with Crippen molar-refractivity contribution in [3.63, 3.8) is 0 Å². The lowest BCUT2D eigenvalue weighted by atomic mass is 9.89. The highest BCUT2D eigenvalue weighted by atomic mass is 16.5. The number of rotatable bonds is 8. The summed E-state index contributed by atoms with van der Waals surface area (Å²) >= 11 is 0. The lowest BCUT2D eigenvalue weighted by Crippen LogP contribution is -2.26. The molecule has 0 amide bonds. The maximum atomic E-state index is 12.9. The van der Waals surface area contributed by atoms with E-state index in [0.717, 1.165) is 38.5 Å². The minimum Gasteiger partial charge on any atom is -0.463 e. The smallest absolute Gasteiger partial charge is 0.338 e. The third-order valence-electron chi connectivity index (χ3n) is 7.89. The zero-order valence-corrected chi connectivity index (χ0v) is 19.8. The normalized spacial score (nSPS) is 33.2. The van der Waals surface area contributed by atoms with Gasteiger partial charge >= 0.3 is 11.9 Å². The van der Waals surface area contributed by atoms with Gasteiger partial charge in [0, 0.05) is 18.8 Å². The van der Waals surface area contributed by atoms with E-state index in [1.165, 1.54) is 19.8 Å². The minimum atomic E-state index is -0.319. The number of benzene rings is 1. The molecule has 4 rings (SSSR count). The Hall–Kier alpha value is -2.43. The predicted molar refractivity (Wildman–Crippen MR) is 125 cm³/mol. The van der Waals surface area contributed by atoms with Crippen LogP contribution in [0, 0.1) is 29.6 Å². The number of allylic oxidation sites excluding steroid dienone is 1. The van der Waals surface area contributed by atoms with Crippen molar-refractivity contribution < 1.29 is 23.9 Å². The van der Waals surface area contributed by atoms with Crippen molar-refractivity contribution >= 4 is 17.7 Å². The summed E-state index contributed by atoms with van der Waals surface area (Å²) in [5.74, 6) is 0.984. The average molecular weight is 453 g/mol. The Morgan fingerprint density at radius 3 is 2.52 bits per heavy atom. The van der Waals surface area contributed by atoms with Gasteiger partial charge in [0.1, 0.15) is 12.2 Å². The second kappa shape index (κ2) is 10.7. The van der Waals surface area contributed by atoms with Gasteiger partial charge in [-0.1, -0.05) is 44.0 Å². The standard InChI is InChI=1S/C28H36O5/c1-3-7-19-10-11-21(14-19)26(30)13-12-24-25-17-23(32-18(2)29)15-22(25)16-27(24)33-28(31)20-8-5-4-6-9-20/h4-6,8-9,12-13,19,21-25,27H,3,7,10-11,14-17H2,1-2H3/t19?,21?,22-,23?,24?,25-,27?/m1/s1. The van der Waals surface area contributed by atoms with E-state index in [1.54, 1.807) is 18.2 Å². The monoisotopic (exact) mass is 452 g/mol. The van der Waals surface area contributed by atoms with E-state index in [1.807, 2.05) is 24.3 Å². The molecular weight excluding hydrogens is 416 g/mol. The molecule has 7 atom stereocenters. The van der Waals surface area contributed by atoms with Gasteiger partial charge in [0.2, 0.25) is 0 Å². The third kappa shape index (κ3) is 5.74. The number of hydrogen-bond acceptors (Lipinski definition) is 5. The summed E-state index contributed by atoms with van der Waals surface area (Å²) < 4.78 is 11.4. The molecule has 5 heteroatoms. The number of carbonyl (C=O) groups excluding carboxylic acids is 3. The fourth-order valence-electron chi connectivity index (χ4n) is 6.43. The number of hydrogen-bond donors (Lipinski definition) is 0. The zero-order chi connectivity index (χ0) is 23.4. The maximum absolute atomic E-state index is 12.9. The summed E-state index contributed by atoms with van der Waals surface area (Å²) in [6.45, 7) is 3.65. The molecule has 1 aromatic rings. The Morgan fingerprint density at radius 1 is 1.00 bits per heavy atom. The van der Waals surface area contributed by atoms with Crippen molar-refractivity contribution in [2.75, 3.05) is 0 Å². The second-order valence-electron chi connectivity index (χ2n) is 10.2. The highest BCUT2D eigenvalue weighted by molar-refractivity contribution is 5.92. The molecule has 0 heterocycles. The SMILES string of the molecule is CCCC1CCC(C(=O)C=CC2C(OC(=O)c3ccccc3)C[C@H]3CC(OC(C)=O)C[C@@H]23)C1. The van der Waals surface area contributed by atoms with Crippen LogP contribution in [0.1, 0.15) is 75.6 Å². The largest absolute Gasteiger partial charge is 0.463 e. The van der Waals surface area contributed by atoms with Gasteiger partial charge in [0.05, 0.1) is 5.56 Å². The molecule has 0 aliphatic heterocycles. The summed E-state index contributed by atoms with van der Waals surface area (Å²) in [7, 11) is 0. The quantitative estimate of drug-likeness (QED) is 0.383. The summed E-state index contributed by atoms with van der Waals surface area (Å²) in [6, 6.07) is 9.05. The molecule has 3 fully saturated rings. The Balaban J connectivity index is 1.45. The van der Waals surface area contributed by atoms with Gasteiger partial charge in [-0.2, -0.15) is 0 Å². The number of ketones is 1. The molecule has 3 aliphatic rings. The van der Waals surface area contributed by atoms with Crippen LogP contribution in [0.2, 0.25) is 0 Å². The Bertz CT molecular complexity index is 876. The molecule has 0 radical (unpaired) electrons. The lowest BCUT2D eigenvalue weighted by molar-refractivity contribution is -0.146. The molecular formula is C28H36O5. The van der Waals surface area contributed by atoms with E-state index in [0.29, 0.717) is 17.4 Å². The summed E-state index contributed by atoms with van der Waals surface area (Å²) in [5, 5.41) is 0. The molecule has 1 aromatic carbocycles. The first-order valence-electron chi connectivity index (χ1n) is 12.6. The Morgan fingerprint density at radius 2 is 1.79 bits per heavy atom. The molecule has 3 aliphatic carbocycles. The van der Waals surface area contributed by atoms with Crippen molar-refractivity contribution in [3.05, 3.63) is 48.0 Å². The maximum Gasteiger partial charge on any atom is 0.338 e. The van der Waals surface area contributed by atoms with Crippen LogP contribution in [0.4, 0.5) is 0 Å². The van der Waals surface area contributed by atoms with E-state index in [4.69, 9.17) is 9.47 Å².